The molecular formula is C40H42Cl2Hf-2. The van der Waals surface area contributed by atoms with Gasteiger partial charge in [-0.25, -0.2) is 11.6 Å². The van der Waals surface area contributed by atoms with Crippen LogP contribution in [0, 0.1) is 6.92 Å². The Hall–Kier alpha value is -2.58. The van der Waals surface area contributed by atoms with E-state index in [1.165, 1.54) is 38.2 Å². The van der Waals surface area contributed by atoms with Crippen LogP contribution >= 0.6 is 17.2 Å². The average Bonchev–Trinajstić information content (AvgIpc) is 3.59. The molecular weight excluding hydrogens is 730 g/mol. The summed E-state index contributed by atoms with van der Waals surface area (Å²) in [5, 5.41) is 5.48. The number of aryl methyl sites for hydroxylation is 1. The first-order valence-corrected chi connectivity index (χ1v) is 25.5. The van der Waals surface area contributed by atoms with Gasteiger partial charge in [0.2, 0.25) is 0 Å². The van der Waals surface area contributed by atoms with Gasteiger partial charge in [0.1, 0.15) is 0 Å². The quantitative estimate of drug-likeness (QED) is 0.121. The van der Waals surface area contributed by atoms with Gasteiger partial charge in [-0.1, -0.05) is 83.9 Å². The molecule has 0 fully saturated rings. The van der Waals surface area contributed by atoms with Crippen LogP contribution in [0.5, 0.6) is 0 Å². The van der Waals surface area contributed by atoms with Crippen molar-refractivity contribution >= 4 is 42.0 Å². The van der Waals surface area contributed by atoms with Crippen LogP contribution in [0.15, 0.2) is 127 Å². The van der Waals surface area contributed by atoms with E-state index in [1.54, 1.807) is 0 Å². The second-order valence-electron chi connectivity index (χ2n) is 13.1. The molecule has 0 saturated heterocycles. The summed E-state index contributed by atoms with van der Waals surface area (Å²) >= 11 is -2.60. The third-order valence-corrected chi connectivity index (χ3v) is 14.1. The number of halogens is 2. The van der Waals surface area contributed by atoms with Crippen LogP contribution in [0.3, 0.4) is 0 Å². The minimum absolute atomic E-state index is 0.203. The number of fused-ring (bicyclic) bond motifs is 3. The maximum absolute atomic E-state index is 6.25. The van der Waals surface area contributed by atoms with Crippen LogP contribution < -0.4 is 0 Å². The van der Waals surface area contributed by atoms with Crippen LogP contribution in [-0.2, 0) is 29.4 Å². The fourth-order valence-electron chi connectivity index (χ4n) is 5.02. The number of rotatable bonds is 2. The number of benzene rings is 4. The van der Waals surface area contributed by atoms with E-state index in [0.29, 0.717) is 0 Å². The zero-order valence-electron chi connectivity index (χ0n) is 26.4. The van der Waals surface area contributed by atoms with Gasteiger partial charge in [-0.3, -0.25) is 0 Å². The normalized spacial score (nSPS) is 11.4. The van der Waals surface area contributed by atoms with Gasteiger partial charge in [-0.15, -0.1) is 39.7 Å². The monoisotopic (exact) mass is 772 g/mol. The Morgan fingerprint density at radius 2 is 1.05 bits per heavy atom. The molecule has 0 spiro atoms. The molecule has 3 heteroatoms. The molecule has 0 saturated carbocycles. The third-order valence-electron chi connectivity index (χ3n) is 7.58. The summed E-state index contributed by atoms with van der Waals surface area (Å²) in [6.07, 6.45) is 0. The zero-order valence-corrected chi connectivity index (χ0v) is 31.5. The number of hydrogen-bond acceptors (Lipinski definition) is 0. The second-order valence-corrected chi connectivity index (χ2v) is 24.5. The van der Waals surface area contributed by atoms with E-state index < -0.39 is 18.6 Å². The van der Waals surface area contributed by atoms with E-state index in [0.717, 1.165) is 14.4 Å². The average molecular weight is 772 g/mol. The van der Waals surface area contributed by atoms with Crippen LogP contribution in [0.2, 0.25) is 0 Å². The summed E-state index contributed by atoms with van der Waals surface area (Å²) < 4.78 is 1.16. The SMILES string of the molecule is CC(C)(C)c1ccc2c(c1)[cH-]c1cc(C(C)(C)C)ccc12.Cc1cc[cH-]c1.[Cl][Hf]([Cl])=[C](c1ccccc1)c1ccccc1. The predicted octanol–water partition coefficient (Wildman–Crippen LogP) is 12.2. The Kier molecular flexibility index (Phi) is 11.2. The van der Waals surface area contributed by atoms with E-state index in [-0.39, 0.29) is 10.8 Å². The molecule has 0 amide bonds. The number of hydrogen-bond donors (Lipinski definition) is 0. The molecule has 222 valence electrons. The zero-order chi connectivity index (χ0) is 31.2. The molecule has 0 atom stereocenters. The van der Waals surface area contributed by atoms with E-state index in [9.17, 15) is 0 Å². The topological polar surface area (TPSA) is 0 Å². The van der Waals surface area contributed by atoms with Crippen LogP contribution in [0.25, 0.3) is 21.5 Å². The van der Waals surface area contributed by atoms with Crippen LogP contribution in [0.4, 0.5) is 0 Å². The van der Waals surface area contributed by atoms with E-state index in [2.05, 4.69) is 127 Å². The molecule has 0 aliphatic rings. The fraction of sp³-hybridized carbons (Fsp3) is 0.225. The van der Waals surface area contributed by atoms with E-state index >= 15 is 0 Å². The Bertz CT molecular complexity index is 1660. The molecule has 0 aliphatic carbocycles. The first kappa shape index (κ1) is 33.3. The van der Waals surface area contributed by atoms with Gasteiger partial charge >= 0.3 is 111 Å². The summed E-state index contributed by atoms with van der Waals surface area (Å²) in [5.74, 6) is 0. The Morgan fingerprint density at radius 1 is 0.605 bits per heavy atom. The molecule has 43 heavy (non-hydrogen) atoms. The Morgan fingerprint density at radius 3 is 1.35 bits per heavy atom. The van der Waals surface area contributed by atoms with E-state index in [4.69, 9.17) is 17.2 Å². The summed E-state index contributed by atoms with van der Waals surface area (Å²) in [5.41, 5.74) is 6.86. The van der Waals surface area contributed by atoms with Gasteiger partial charge < -0.3 is 0 Å². The van der Waals surface area contributed by atoms with Gasteiger partial charge in [0.15, 0.2) is 0 Å². The maximum atomic E-state index is 6.25. The van der Waals surface area contributed by atoms with Gasteiger partial charge in [-0.2, -0.15) is 18.2 Å². The molecule has 0 unspecified atom stereocenters. The fourth-order valence-corrected chi connectivity index (χ4v) is 11.4. The predicted molar refractivity (Wildman–Crippen MR) is 189 cm³/mol. The minimum atomic E-state index is -2.60. The van der Waals surface area contributed by atoms with Gasteiger partial charge in [0, 0.05) is 0 Å². The van der Waals surface area contributed by atoms with Crippen molar-refractivity contribution in [3.63, 3.8) is 0 Å². The Labute approximate surface area is 273 Å². The molecule has 6 rings (SSSR count). The first-order chi connectivity index (χ1) is 20.3. The Balaban J connectivity index is 0.000000169. The van der Waals surface area contributed by atoms with E-state index in [1.807, 2.05) is 48.5 Å². The summed E-state index contributed by atoms with van der Waals surface area (Å²) in [6.45, 7) is 15.7. The van der Waals surface area contributed by atoms with Gasteiger partial charge in [0.25, 0.3) is 0 Å². The summed E-state index contributed by atoms with van der Waals surface area (Å²) in [7, 11) is 12.5. The molecule has 0 N–H and O–H groups in total. The van der Waals surface area contributed by atoms with Gasteiger partial charge in [-0.05, 0) is 10.8 Å². The molecule has 0 bridgehead atoms. The summed E-state index contributed by atoms with van der Waals surface area (Å²) in [4.78, 5) is 0. The van der Waals surface area contributed by atoms with Crippen molar-refractivity contribution in [3.05, 3.63) is 155 Å². The van der Waals surface area contributed by atoms with Crippen molar-refractivity contribution in [2.45, 2.75) is 59.3 Å². The standard InChI is InChI=1S/C21H25.C13H10.C6H7.2ClH.Hf/c1-20(2,3)16-7-9-18-14(12-16)11-15-13-17(21(4,5)6)8-10-19(15)18;1-3-7-12(8-4-1)11-13-9-5-2-6-10-13;1-6-4-2-3-5-6;;;/h7-13H,1-6H3;1-10H;2-5H,1H3;2*1H;/q-1;;-1;;;+2/p-2. The van der Waals surface area contributed by atoms with Crippen molar-refractivity contribution in [1.29, 1.82) is 0 Å². The van der Waals surface area contributed by atoms with Crippen molar-refractivity contribution in [1.82, 2.24) is 0 Å². The van der Waals surface area contributed by atoms with Crippen molar-refractivity contribution in [2.75, 3.05) is 0 Å². The van der Waals surface area contributed by atoms with Crippen LogP contribution in [-0.4, -0.2) is 3.26 Å². The summed E-state index contributed by atoms with van der Waals surface area (Å²) in [6, 6.07) is 44.7. The molecule has 0 aromatic heterocycles. The van der Waals surface area contributed by atoms with Crippen molar-refractivity contribution in [2.24, 2.45) is 0 Å². The van der Waals surface area contributed by atoms with Gasteiger partial charge in [0.05, 0.1) is 0 Å². The second kappa shape index (κ2) is 14.5. The molecule has 0 aliphatic heterocycles. The molecule has 0 nitrogen and oxygen atoms in total. The van der Waals surface area contributed by atoms with Crippen LogP contribution in [0.1, 0.15) is 69.4 Å². The third kappa shape index (κ3) is 8.98. The molecule has 0 heterocycles. The molecule has 0 radical (unpaired) electrons. The molecule has 6 aromatic carbocycles. The molecule has 6 aromatic rings. The van der Waals surface area contributed by atoms with Crippen molar-refractivity contribution in [3.8, 4) is 0 Å². The first-order valence-electron chi connectivity index (χ1n) is 14.8. The van der Waals surface area contributed by atoms with Crippen molar-refractivity contribution < 1.29 is 18.6 Å².